The van der Waals surface area contributed by atoms with Crippen molar-refractivity contribution in [3.05, 3.63) is 0 Å². The van der Waals surface area contributed by atoms with Crippen LogP contribution in [-0.4, -0.2) is 37.9 Å². The van der Waals surface area contributed by atoms with Crippen LogP contribution in [0.15, 0.2) is 0 Å². The lowest BCUT2D eigenvalue weighted by atomic mass is 9.82. The van der Waals surface area contributed by atoms with Crippen molar-refractivity contribution in [3.8, 4) is 0 Å². The summed E-state index contributed by atoms with van der Waals surface area (Å²) in [5.74, 6) is 0.759. The number of carbonyl (C=O) groups excluding carboxylic acids is 1. The lowest BCUT2D eigenvalue weighted by Crippen LogP contribution is -2.45. The van der Waals surface area contributed by atoms with Crippen molar-refractivity contribution >= 4 is 15.6 Å². The highest BCUT2D eigenvalue weighted by molar-refractivity contribution is 7.92. The minimum Gasteiger partial charge on any atom is -0.381 e. The van der Waals surface area contributed by atoms with Crippen molar-refractivity contribution in [2.75, 3.05) is 13.2 Å². The third kappa shape index (κ3) is 2.80. The quantitative estimate of drug-likeness (QED) is 0.801. The summed E-state index contributed by atoms with van der Waals surface area (Å²) in [6, 6.07) is 0. The SMILES string of the molecule is O=C(CC1CCOCC1)C1CC2CCCC(C1)S2(=O)=O. The van der Waals surface area contributed by atoms with Crippen molar-refractivity contribution in [1.82, 2.24) is 0 Å². The average Bonchev–Trinajstić information content (AvgIpc) is 2.38. The molecule has 0 amide bonds. The van der Waals surface area contributed by atoms with E-state index < -0.39 is 9.84 Å². The van der Waals surface area contributed by atoms with E-state index in [0.29, 0.717) is 31.0 Å². The van der Waals surface area contributed by atoms with Gasteiger partial charge >= 0.3 is 0 Å². The van der Waals surface area contributed by atoms with Gasteiger partial charge in [-0.3, -0.25) is 4.79 Å². The predicted octanol–water partition coefficient (Wildman–Crippen LogP) is 2.12. The third-order valence-electron chi connectivity index (χ3n) is 5.36. The first-order valence-corrected chi connectivity index (χ1v) is 9.51. The van der Waals surface area contributed by atoms with Gasteiger partial charge in [0.25, 0.3) is 0 Å². The summed E-state index contributed by atoms with van der Waals surface area (Å²) in [6.07, 6.45) is 6.29. The maximum Gasteiger partial charge on any atom is 0.156 e. The molecule has 3 aliphatic rings. The number of ketones is 1. The molecule has 2 atom stereocenters. The Bertz CT molecular complexity index is 444. The predicted molar refractivity (Wildman–Crippen MR) is 76.2 cm³/mol. The number of Topliss-reactive ketones (excluding diaryl/α,β-unsaturated/α-hetero) is 1. The van der Waals surface area contributed by atoms with Crippen LogP contribution >= 0.6 is 0 Å². The van der Waals surface area contributed by atoms with Crippen molar-refractivity contribution in [2.24, 2.45) is 11.8 Å². The minimum absolute atomic E-state index is 0.00308. The van der Waals surface area contributed by atoms with Gasteiger partial charge in [-0.15, -0.1) is 0 Å². The van der Waals surface area contributed by atoms with Gasteiger partial charge in [0.2, 0.25) is 0 Å². The molecule has 0 aromatic rings. The van der Waals surface area contributed by atoms with Crippen molar-refractivity contribution < 1.29 is 17.9 Å². The van der Waals surface area contributed by atoms with Crippen LogP contribution in [0.3, 0.4) is 0 Å². The lowest BCUT2D eigenvalue weighted by molar-refractivity contribution is -0.125. The Labute approximate surface area is 121 Å². The van der Waals surface area contributed by atoms with Gasteiger partial charge in [-0.05, 0) is 44.4 Å². The van der Waals surface area contributed by atoms with E-state index in [-0.39, 0.29) is 16.4 Å². The molecule has 3 aliphatic heterocycles. The van der Waals surface area contributed by atoms with E-state index in [1.807, 2.05) is 0 Å². The summed E-state index contributed by atoms with van der Waals surface area (Å²) in [4.78, 5) is 12.5. The number of hydrogen-bond acceptors (Lipinski definition) is 4. The molecule has 0 radical (unpaired) electrons. The van der Waals surface area contributed by atoms with E-state index in [9.17, 15) is 13.2 Å². The van der Waals surface area contributed by atoms with Crippen LogP contribution in [0, 0.1) is 11.8 Å². The van der Waals surface area contributed by atoms with Crippen LogP contribution in [0.2, 0.25) is 0 Å². The summed E-state index contributed by atoms with van der Waals surface area (Å²) < 4.78 is 29.8. The second-order valence-corrected chi connectivity index (χ2v) is 9.17. The Morgan fingerprint density at radius 3 is 2.20 bits per heavy atom. The van der Waals surface area contributed by atoms with Crippen LogP contribution < -0.4 is 0 Å². The topological polar surface area (TPSA) is 60.4 Å². The van der Waals surface area contributed by atoms with Crippen molar-refractivity contribution in [2.45, 2.75) is 61.9 Å². The first-order valence-electron chi connectivity index (χ1n) is 7.90. The van der Waals surface area contributed by atoms with Crippen LogP contribution in [-0.2, 0) is 19.4 Å². The van der Waals surface area contributed by atoms with E-state index in [1.54, 1.807) is 0 Å². The zero-order valence-corrected chi connectivity index (χ0v) is 12.7. The summed E-state index contributed by atoms with van der Waals surface area (Å²) in [5, 5.41) is -0.475. The molecule has 2 bridgehead atoms. The number of fused-ring (bicyclic) bond motifs is 2. The Hall–Kier alpha value is -0.420. The number of rotatable bonds is 3. The molecule has 2 unspecified atom stereocenters. The lowest BCUT2D eigenvalue weighted by Gasteiger charge is -2.38. The molecule has 0 saturated carbocycles. The van der Waals surface area contributed by atoms with Crippen LogP contribution in [0.25, 0.3) is 0 Å². The fourth-order valence-electron chi connectivity index (χ4n) is 4.07. The van der Waals surface area contributed by atoms with Gasteiger partial charge in [-0.25, -0.2) is 8.42 Å². The fourth-order valence-corrected chi connectivity index (χ4v) is 6.61. The Morgan fingerprint density at radius 1 is 1.00 bits per heavy atom. The van der Waals surface area contributed by atoms with Crippen LogP contribution in [0.1, 0.15) is 51.4 Å². The number of carbonyl (C=O) groups is 1. The molecular formula is C15H24O4S. The zero-order chi connectivity index (χ0) is 14.2. The van der Waals surface area contributed by atoms with Gasteiger partial charge in [0.15, 0.2) is 9.84 Å². The largest absolute Gasteiger partial charge is 0.381 e. The van der Waals surface area contributed by atoms with Crippen LogP contribution in [0.4, 0.5) is 0 Å². The minimum atomic E-state index is -2.94. The zero-order valence-electron chi connectivity index (χ0n) is 11.9. The molecule has 0 N–H and O–H groups in total. The number of ether oxygens (including phenoxy) is 1. The van der Waals surface area contributed by atoms with E-state index in [2.05, 4.69) is 0 Å². The molecule has 5 heteroatoms. The maximum absolute atomic E-state index is 12.5. The van der Waals surface area contributed by atoms with E-state index in [1.165, 1.54) is 0 Å². The first-order chi connectivity index (χ1) is 9.57. The van der Waals surface area contributed by atoms with E-state index >= 15 is 0 Å². The second-order valence-electron chi connectivity index (χ2n) is 6.66. The molecule has 114 valence electrons. The maximum atomic E-state index is 12.5. The molecule has 0 aromatic heterocycles. The summed E-state index contributed by atoms with van der Waals surface area (Å²) in [6.45, 7) is 1.53. The Morgan fingerprint density at radius 2 is 1.60 bits per heavy atom. The summed E-state index contributed by atoms with van der Waals surface area (Å²) in [5.41, 5.74) is 0. The molecule has 0 spiro atoms. The summed E-state index contributed by atoms with van der Waals surface area (Å²) >= 11 is 0. The first kappa shape index (κ1) is 14.5. The van der Waals surface area contributed by atoms with E-state index in [0.717, 1.165) is 45.3 Å². The third-order valence-corrected chi connectivity index (χ3v) is 8.08. The second kappa shape index (κ2) is 5.76. The van der Waals surface area contributed by atoms with E-state index in [4.69, 9.17) is 4.74 Å². The van der Waals surface area contributed by atoms with Gasteiger partial charge in [-0.1, -0.05) is 6.42 Å². The normalized spacial score (nSPS) is 37.5. The molecule has 0 aliphatic carbocycles. The monoisotopic (exact) mass is 300 g/mol. The highest BCUT2D eigenvalue weighted by Crippen LogP contribution is 2.40. The molecule has 3 rings (SSSR count). The number of hydrogen-bond donors (Lipinski definition) is 0. The molecule has 3 heterocycles. The van der Waals surface area contributed by atoms with Gasteiger partial charge < -0.3 is 4.74 Å². The molecular weight excluding hydrogens is 276 g/mol. The molecule has 20 heavy (non-hydrogen) atoms. The Kier molecular flexibility index (Phi) is 4.18. The fraction of sp³-hybridized carbons (Fsp3) is 0.933. The summed E-state index contributed by atoms with van der Waals surface area (Å²) in [7, 11) is -2.94. The molecule has 3 saturated heterocycles. The highest BCUT2D eigenvalue weighted by Gasteiger charge is 2.45. The molecule has 3 fully saturated rings. The molecule has 0 aromatic carbocycles. The van der Waals surface area contributed by atoms with Gasteiger partial charge in [0.1, 0.15) is 5.78 Å². The number of sulfone groups is 1. The Balaban J connectivity index is 1.62. The highest BCUT2D eigenvalue weighted by atomic mass is 32.2. The van der Waals surface area contributed by atoms with Gasteiger partial charge in [-0.2, -0.15) is 0 Å². The molecule has 4 nitrogen and oxygen atoms in total. The average molecular weight is 300 g/mol. The van der Waals surface area contributed by atoms with Gasteiger partial charge in [0, 0.05) is 25.6 Å². The van der Waals surface area contributed by atoms with Gasteiger partial charge in [0.05, 0.1) is 10.5 Å². The van der Waals surface area contributed by atoms with Crippen molar-refractivity contribution in [1.29, 1.82) is 0 Å². The smallest absolute Gasteiger partial charge is 0.156 e. The van der Waals surface area contributed by atoms with Crippen molar-refractivity contribution in [3.63, 3.8) is 0 Å². The standard InChI is InChI=1S/C15H24O4S/c16-15(8-11-4-6-19-7-5-11)12-9-13-2-1-3-14(10-12)20(13,17)18/h11-14H,1-10H2. The van der Waals surface area contributed by atoms with Crippen LogP contribution in [0.5, 0.6) is 0 Å².